The highest BCUT2D eigenvalue weighted by Crippen LogP contribution is 2.36. The van der Waals surface area contributed by atoms with Crippen LogP contribution < -0.4 is 0 Å². The van der Waals surface area contributed by atoms with Crippen molar-refractivity contribution in [2.45, 2.75) is 25.9 Å². The molecule has 0 aromatic carbocycles. The van der Waals surface area contributed by atoms with Gasteiger partial charge in [0.05, 0.1) is 0 Å². The van der Waals surface area contributed by atoms with Crippen LogP contribution in [-0.2, 0) is 9.53 Å². The normalized spacial score (nSPS) is 34.2. The van der Waals surface area contributed by atoms with Crippen molar-refractivity contribution in [3.8, 4) is 0 Å². The number of carbonyl (C=O) groups is 1. The molecule has 0 aromatic heterocycles. The van der Waals surface area contributed by atoms with Crippen LogP contribution in [0.3, 0.4) is 0 Å². The topological polar surface area (TPSA) is 26.3 Å². The van der Waals surface area contributed by atoms with Crippen LogP contribution in [0, 0.1) is 5.92 Å². The smallest absolute Gasteiger partial charge is 0.334 e. The molecule has 0 saturated carbocycles. The predicted molar refractivity (Wildman–Crippen MR) is 45.5 cm³/mol. The SMILES string of the molecule is C=C1C(=O)O[C@H]2C=C(C)CC[C@@H]12. The van der Waals surface area contributed by atoms with Gasteiger partial charge in [-0.1, -0.05) is 12.2 Å². The summed E-state index contributed by atoms with van der Waals surface area (Å²) in [5.74, 6) is 0.0390. The first kappa shape index (κ1) is 7.59. The lowest BCUT2D eigenvalue weighted by Gasteiger charge is -2.20. The molecule has 0 spiro atoms. The molecule has 2 atom stereocenters. The van der Waals surface area contributed by atoms with Crippen molar-refractivity contribution in [1.82, 2.24) is 0 Å². The molecule has 0 radical (unpaired) electrons. The van der Waals surface area contributed by atoms with Gasteiger partial charge in [0.2, 0.25) is 0 Å². The third-order valence-electron chi connectivity index (χ3n) is 2.65. The Balaban J connectivity index is 2.27. The van der Waals surface area contributed by atoms with Crippen molar-refractivity contribution >= 4 is 5.97 Å². The van der Waals surface area contributed by atoms with Gasteiger partial charge >= 0.3 is 5.97 Å². The highest BCUT2D eigenvalue weighted by atomic mass is 16.5. The lowest BCUT2D eigenvalue weighted by atomic mass is 9.85. The minimum Gasteiger partial charge on any atom is -0.454 e. The first-order chi connectivity index (χ1) is 5.68. The summed E-state index contributed by atoms with van der Waals surface area (Å²) in [6.07, 6.45) is 4.11. The highest BCUT2D eigenvalue weighted by molar-refractivity contribution is 5.91. The second-order valence-corrected chi connectivity index (χ2v) is 3.55. The Morgan fingerprint density at radius 1 is 1.67 bits per heavy atom. The molecule has 2 heteroatoms. The molecule has 0 unspecified atom stereocenters. The van der Waals surface area contributed by atoms with E-state index in [2.05, 4.69) is 13.5 Å². The van der Waals surface area contributed by atoms with E-state index in [4.69, 9.17) is 4.74 Å². The van der Waals surface area contributed by atoms with Crippen LogP contribution in [0.2, 0.25) is 0 Å². The van der Waals surface area contributed by atoms with Crippen LogP contribution >= 0.6 is 0 Å². The van der Waals surface area contributed by atoms with Crippen molar-refractivity contribution in [2.75, 3.05) is 0 Å². The lowest BCUT2D eigenvalue weighted by Crippen LogP contribution is -2.18. The van der Waals surface area contributed by atoms with E-state index in [1.54, 1.807) is 0 Å². The van der Waals surface area contributed by atoms with Crippen molar-refractivity contribution in [2.24, 2.45) is 5.92 Å². The molecule has 2 rings (SSSR count). The molecular weight excluding hydrogens is 152 g/mol. The standard InChI is InChI=1S/C10H12O2/c1-6-3-4-8-7(2)10(11)12-9(8)5-6/h5,8-9H,2-4H2,1H3/t8-,9-/m0/s1. The summed E-state index contributed by atoms with van der Waals surface area (Å²) in [5, 5.41) is 0. The molecular formula is C10H12O2. The highest BCUT2D eigenvalue weighted by Gasteiger charge is 2.38. The maximum Gasteiger partial charge on any atom is 0.334 e. The molecule has 1 heterocycles. The lowest BCUT2D eigenvalue weighted by molar-refractivity contribution is -0.137. The Labute approximate surface area is 71.9 Å². The summed E-state index contributed by atoms with van der Waals surface area (Å²) in [6, 6.07) is 0. The molecule has 0 amide bonds. The van der Waals surface area contributed by atoms with Crippen molar-refractivity contribution < 1.29 is 9.53 Å². The van der Waals surface area contributed by atoms with Gasteiger partial charge in [0, 0.05) is 11.5 Å². The van der Waals surface area contributed by atoms with E-state index in [0.717, 1.165) is 12.8 Å². The Hall–Kier alpha value is -1.05. The van der Waals surface area contributed by atoms with E-state index in [1.165, 1.54) is 5.57 Å². The van der Waals surface area contributed by atoms with Crippen LogP contribution in [0.1, 0.15) is 19.8 Å². The Kier molecular flexibility index (Phi) is 1.56. The Morgan fingerprint density at radius 3 is 3.17 bits per heavy atom. The molecule has 0 N–H and O–H groups in total. The quantitative estimate of drug-likeness (QED) is 0.310. The Bertz CT molecular complexity index is 276. The summed E-state index contributed by atoms with van der Waals surface area (Å²) in [6.45, 7) is 5.82. The summed E-state index contributed by atoms with van der Waals surface area (Å²) < 4.78 is 5.13. The molecule has 0 aromatic rings. The molecule has 1 aliphatic carbocycles. The van der Waals surface area contributed by atoms with E-state index >= 15 is 0 Å². The molecule has 2 nitrogen and oxygen atoms in total. The average Bonchev–Trinajstić information content (AvgIpc) is 2.28. The van der Waals surface area contributed by atoms with E-state index < -0.39 is 0 Å². The number of esters is 1. The molecule has 1 aliphatic heterocycles. The summed E-state index contributed by atoms with van der Waals surface area (Å²) >= 11 is 0. The first-order valence-corrected chi connectivity index (χ1v) is 4.25. The summed E-state index contributed by atoms with van der Waals surface area (Å²) in [5.41, 5.74) is 1.97. The molecule has 64 valence electrons. The van der Waals surface area contributed by atoms with Crippen LogP contribution in [0.15, 0.2) is 23.8 Å². The summed E-state index contributed by atoms with van der Waals surface area (Å²) in [4.78, 5) is 11.1. The minimum absolute atomic E-state index is 0.0150. The molecule has 12 heavy (non-hydrogen) atoms. The van der Waals surface area contributed by atoms with Gasteiger partial charge < -0.3 is 4.74 Å². The second kappa shape index (κ2) is 2.47. The van der Waals surface area contributed by atoms with Crippen LogP contribution in [0.25, 0.3) is 0 Å². The van der Waals surface area contributed by atoms with Crippen LogP contribution in [0.4, 0.5) is 0 Å². The zero-order valence-corrected chi connectivity index (χ0v) is 7.17. The van der Waals surface area contributed by atoms with Gasteiger partial charge in [0.15, 0.2) is 0 Å². The maximum absolute atomic E-state index is 11.1. The molecule has 1 fully saturated rings. The van der Waals surface area contributed by atoms with E-state index in [-0.39, 0.29) is 18.0 Å². The number of rotatable bonds is 0. The van der Waals surface area contributed by atoms with Crippen molar-refractivity contribution in [1.29, 1.82) is 0 Å². The minimum atomic E-state index is -0.212. The first-order valence-electron chi connectivity index (χ1n) is 4.25. The van der Waals surface area contributed by atoms with Gasteiger partial charge in [-0.15, -0.1) is 0 Å². The zero-order chi connectivity index (χ0) is 8.72. The van der Waals surface area contributed by atoms with E-state index in [0.29, 0.717) is 5.57 Å². The van der Waals surface area contributed by atoms with Crippen molar-refractivity contribution in [3.05, 3.63) is 23.8 Å². The number of carbonyl (C=O) groups excluding carboxylic acids is 1. The third kappa shape index (κ3) is 0.986. The number of hydrogen-bond acceptors (Lipinski definition) is 2. The number of hydrogen-bond donors (Lipinski definition) is 0. The fraction of sp³-hybridized carbons (Fsp3) is 0.500. The largest absolute Gasteiger partial charge is 0.454 e. The predicted octanol–water partition coefficient (Wildman–Crippen LogP) is 1.82. The second-order valence-electron chi connectivity index (χ2n) is 3.55. The van der Waals surface area contributed by atoms with Gasteiger partial charge in [0.1, 0.15) is 6.10 Å². The average molecular weight is 164 g/mol. The fourth-order valence-electron chi connectivity index (χ4n) is 1.87. The van der Waals surface area contributed by atoms with Gasteiger partial charge in [-0.05, 0) is 25.8 Å². The van der Waals surface area contributed by atoms with Gasteiger partial charge in [-0.25, -0.2) is 4.79 Å². The van der Waals surface area contributed by atoms with E-state index in [9.17, 15) is 4.79 Å². The maximum atomic E-state index is 11.1. The summed E-state index contributed by atoms with van der Waals surface area (Å²) in [7, 11) is 0. The van der Waals surface area contributed by atoms with E-state index in [1.807, 2.05) is 6.08 Å². The monoisotopic (exact) mass is 164 g/mol. The number of fused-ring (bicyclic) bond motifs is 1. The van der Waals surface area contributed by atoms with Crippen LogP contribution in [0.5, 0.6) is 0 Å². The third-order valence-corrected chi connectivity index (χ3v) is 2.65. The van der Waals surface area contributed by atoms with Crippen LogP contribution in [-0.4, -0.2) is 12.1 Å². The fourth-order valence-corrected chi connectivity index (χ4v) is 1.87. The van der Waals surface area contributed by atoms with Gasteiger partial charge in [-0.2, -0.15) is 0 Å². The molecule has 0 bridgehead atoms. The molecule has 2 aliphatic rings. The van der Waals surface area contributed by atoms with Crippen molar-refractivity contribution in [3.63, 3.8) is 0 Å². The van der Waals surface area contributed by atoms with Gasteiger partial charge in [0.25, 0.3) is 0 Å². The molecule has 1 saturated heterocycles. The number of ether oxygens (including phenoxy) is 1. The van der Waals surface area contributed by atoms with Gasteiger partial charge in [-0.3, -0.25) is 0 Å². The zero-order valence-electron chi connectivity index (χ0n) is 7.17. The number of allylic oxidation sites excluding steroid dienone is 1. The Morgan fingerprint density at radius 2 is 2.42 bits per heavy atom.